The number of rotatable bonds is 7. The normalized spacial score (nSPS) is 12.6. The highest BCUT2D eigenvalue weighted by Crippen LogP contribution is 2.34. The first-order valence-electron chi connectivity index (χ1n) is 9.65. The van der Waals surface area contributed by atoms with Crippen LogP contribution in [0.4, 0.5) is 10.5 Å². The van der Waals surface area contributed by atoms with E-state index in [2.05, 4.69) is 10.6 Å². The van der Waals surface area contributed by atoms with Crippen molar-refractivity contribution in [2.45, 2.75) is 12.5 Å². The number of nitrogens with two attached hydrogens (primary N) is 1. The maximum absolute atomic E-state index is 12.6. The van der Waals surface area contributed by atoms with Crippen LogP contribution in [0.1, 0.15) is 18.0 Å². The summed E-state index contributed by atoms with van der Waals surface area (Å²) >= 11 is 0. The Labute approximate surface area is 178 Å². The van der Waals surface area contributed by atoms with Crippen LogP contribution >= 0.6 is 0 Å². The number of urea groups is 1. The minimum atomic E-state index is -0.727. The Balaban J connectivity index is 1.47. The maximum atomic E-state index is 12.6. The van der Waals surface area contributed by atoms with Crippen LogP contribution in [0.2, 0.25) is 0 Å². The van der Waals surface area contributed by atoms with Gasteiger partial charge < -0.3 is 30.6 Å². The van der Waals surface area contributed by atoms with E-state index in [4.69, 9.17) is 19.9 Å². The second kappa shape index (κ2) is 9.08. The number of primary amides is 1. The highest BCUT2D eigenvalue weighted by atomic mass is 16.7. The van der Waals surface area contributed by atoms with E-state index in [0.29, 0.717) is 34.2 Å². The van der Waals surface area contributed by atoms with Crippen molar-refractivity contribution in [1.82, 2.24) is 5.32 Å². The molecule has 31 heavy (non-hydrogen) atoms. The molecule has 1 atom stereocenters. The van der Waals surface area contributed by atoms with Crippen molar-refractivity contribution >= 4 is 17.6 Å². The van der Waals surface area contributed by atoms with E-state index in [1.807, 2.05) is 30.3 Å². The second-order valence-corrected chi connectivity index (χ2v) is 6.87. The Morgan fingerprint density at radius 2 is 1.71 bits per heavy atom. The molecule has 0 spiro atoms. The van der Waals surface area contributed by atoms with Gasteiger partial charge in [0.2, 0.25) is 12.7 Å². The molecule has 0 bridgehead atoms. The van der Waals surface area contributed by atoms with Crippen molar-refractivity contribution < 1.29 is 23.8 Å². The molecule has 3 amide bonds. The Morgan fingerprint density at radius 1 is 0.935 bits per heavy atom. The fourth-order valence-electron chi connectivity index (χ4n) is 3.22. The summed E-state index contributed by atoms with van der Waals surface area (Å²) in [6.45, 7) is 0.152. The number of amides is 3. The summed E-state index contributed by atoms with van der Waals surface area (Å²) in [5, 5.41) is 5.43. The molecule has 0 unspecified atom stereocenters. The molecule has 1 aliphatic heterocycles. The lowest BCUT2D eigenvalue weighted by Gasteiger charge is -2.19. The van der Waals surface area contributed by atoms with Crippen molar-refractivity contribution in [3.8, 4) is 23.0 Å². The summed E-state index contributed by atoms with van der Waals surface area (Å²) in [6, 6.07) is 20.2. The highest BCUT2D eigenvalue weighted by molar-refractivity contribution is 5.92. The van der Waals surface area contributed by atoms with Gasteiger partial charge >= 0.3 is 6.03 Å². The van der Waals surface area contributed by atoms with E-state index in [1.165, 1.54) is 0 Å². The number of ether oxygens (including phenoxy) is 3. The van der Waals surface area contributed by atoms with Gasteiger partial charge in [0, 0.05) is 11.8 Å². The zero-order valence-electron chi connectivity index (χ0n) is 16.5. The number of hydrogen-bond donors (Lipinski definition) is 3. The number of carbonyl (C=O) groups is 2. The molecule has 3 aromatic rings. The smallest absolute Gasteiger partial charge is 0.312 e. The number of anilines is 1. The fourth-order valence-corrected chi connectivity index (χ4v) is 3.22. The molecule has 3 aromatic carbocycles. The molecule has 4 N–H and O–H groups in total. The summed E-state index contributed by atoms with van der Waals surface area (Å²) in [7, 11) is 0. The molecule has 158 valence electrons. The largest absolute Gasteiger partial charge is 0.457 e. The monoisotopic (exact) mass is 419 g/mol. The zero-order chi connectivity index (χ0) is 21.6. The predicted octanol–water partition coefficient (Wildman–Crippen LogP) is 3.95. The van der Waals surface area contributed by atoms with Crippen LogP contribution in [0.15, 0.2) is 72.8 Å². The van der Waals surface area contributed by atoms with E-state index in [-0.39, 0.29) is 19.1 Å². The Hall–Kier alpha value is -4.20. The summed E-state index contributed by atoms with van der Waals surface area (Å²) < 4.78 is 16.4. The maximum Gasteiger partial charge on any atom is 0.312 e. The third-order valence-corrected chi connectivity index (χ3v) is 4.60. The lowest BCUT2D eigenvalue weighted by Crippen LogP contribution is -2.35. The van der Waals surface area contributed by atoms with Crippen molar-refractivity contribution in [3.05, 3.63) is 78.4 Å². The van der Waals surface area contributed by atoms with Gasteiger partial charge in [-0.05, 0) is 42.0 Å². The highest BCUT2D eigenvalue weighted by Gasteiger charge is 2.20. The molecule has 1 heterocycles. The summed E-state index contributed by atoms with van der Waals surface area (Å²) in [5.41, 5.74) is 6.59. The molecule has 1 aliphatic rings. The number of carbonyl (C=O) groups excluding carboxylic acids is 2. The van der Waals surface area contributed by atoms with E-state index in [1.54, 1.807) is 42.5 Å². The van der Waals surface area contributed by atoms with Crippen LogP contribution in [0.5, 0.6) is 23.0 Å². The molecular weight excluding hydrogens is 398 g/mol. The quantitative estimate of drug-likeness (QED) is 0.537. The average molecular weight is 419 g/mol. The van der Waals surface area contributed by atoms with E-state index < -0.39 is 12.1 Å². The van der Waals surface area contributed by atoms with Gasteiger partial charge in [0.05, 0.1) is 12.5 Å². The molecule has 0 fully saturated rings. The van der Waals surface area contributed by atoms with Gasteiger partial charge in [-0.15, -0.1) is 0 Å². The molecule has 0 saturated carbocycles. The van der Waals surface area contributed by atoms with Gasteiger partial charge in [-0.1, -0.05) is 30.3 Å². The third kappa shape index (κ3) is 5.24. The van der Waals surface area contributed by atoms with E-state index >= 15 is 0 Å². The number of para-hydroxylation sites is 1. The Kier molecular flexibility index (Phi) is 5.89. The van der Waals surface area contributed by atoms with Crippen molar-refractivity contribution in [1.29, 1.82) is 0 Å². The first-order chi connectivity index (χ1) is 15.1. The van der Waals surface area contributed by atoms with Crippen LogP contribution in [0, 0.1) is 0 Å². The molecule has 8 nitrogen and oxygen atoms in total. The van der Waals surface area contributed by atoms with Crippen LogP contribution in [0.3, 0.4) is 0 Å². The Bertz CT molecular complexity index is 1090. The lowest BCUT2D eigenvalue weighted by molar-refractivity contribution is -0.116. The average Bonchev–Trinajstić information content (AvgIpc) is 3.22. The van der Waals surface area contributed by atoms with Crippen molar-refractivity contribution in [2.24, 2.45) is 5.73 Å². The lowest BCUT2D eigenvalue weighted by atomic mass is 10.0. The SMILES string of the molecule is NC(=O)N[C@@H](CC(=O)Nc1ccc2c(c1)OCO2)c1cccc(Oc2ccccc2)c1. The number of nitrogens with one attached hydrogen (secondary N) is 2. The first-order valence-corrected chi connectivity index (χ1v) is 9.65. The molecule has 0 aromatic heterocycles. The Morgan fingerprint density at radius 3 is 2.52 bits per heavy atom. The summed E-state index contributed by atoms with van der Waals surface area (Å²) in [4.78, 5) is 24.2. The molecule has 0 saturated heterocycles. The van der Waals surface area contributed by atoms with Crippen molar-refractivity contribution in [2.75, 3.05) is 12.1 Å². The standard InChI is InChI=1S/C23H21N3O5/c24-23(28)26-19(13-22(27)25-16-9-10-20-21(12-16)30-14-29-20)15-5-4-8-18(11-15)31-17-6-2-1-3-7-17/h1-12,19H,13-14H2,(H,25,27)(H3,24,26,28)/t19-/m0/s1. The van der Waals surface area contributed by atoms with Crippen LogP contribution in [-0.2, 0) is 4.79 Å². The van der Waals surface area contributed by atoms with Gasteiger partial charge in [-0.3, -0.25) is 4.79 Å². The molecule has 8 heteroatoms. The molecule has 4 rings (SSSR count). The zero-order valence-corrected chi connectivity index (χ0v) is 16.5. The summed E-state index contributed by atoms with van der Waals surface area (Å²) in [6.07, 6.45) is -0.0217. The van der Waals surface area contributed by atoms with Crippen molar-refractivity contribution in [3.63, 3.8) is 0 Å². The molecule has 0 radical (unpaired) electrons. The summed E-state index contributed by atoms with van der Waals surface area (Å²) in [5.74, 6) is 2.15. The molecule has 0 aliphatic carbocycles. The second-order valence-electron chi connectivity index (χ2n) is 6.87. The number of fused-ring (bicyclic) bond motifs is 1. The van der Waals surface area contributed by atoms with Crippen LogP contribution in [0.25, 0.3) is 0 Å². The van der Waals surface area contributed by atoms with E-state index in [9.17, 15) is 9.59 Å². The van der Waals surface area contributed by atoms with Gasteiger partial charge in [-0.25, -0.2) is 4.79 Å². The minimum absolute atomic E-state index is 0.0217. The predicted molar refractivity (Wildman–Crippen MR) is 114 cm³/mol. The van der Waals surface area contributed by atoms with Gasteiger partial charge in [-0.2, -0.15) is 0 Å². The third-order valence-electron chi connectivity index (χ3n) is 4.60. The first kappa shape index (κ1) is 20.1. The topological polar surface area (TPSA) is 112 Å². The number of hydrogen-bond acceptors (Lipinski definition) is 5. The number of benzene rings is 3. The molecular formula is C23H21N3O5. The van der Waals surface area contributed by atoms with Gasteiger partial charge in [0.15, 0.2) is 11.5 Å². The van der Waals surface area contributed by atoms with E-state index in [0.717, 1.165) is 0 Å². The van der Waals surface area contributed by atoms with Crippen LogP contribution in [-0.4, -0.2) is 18.7 Å². The van der Waals surface area contributed by atoms with Gasteiger partial charge in [0.1, 0.15) is 11.5 Å². The minimum Gasteiger partial charge on any atom is -0.457 e. The van der Waals surface area contributed by atoms with Gasteiger partial charge in [0.25, 0.3) is 0 Å². The van der Waals surface area contributed by atoms with Crippen LogP contribution < -0.4 is 30.6 Å². The fraction of sp³-hybridized carbons (Fsp3) is 0.130.